The molecule has 3 amide bonds. The molecule has 0 aliphatic heterocycles. The van der Waals surface area contributed by atoms with Gasteiger partial charge < -0.3 is 14.7 Å². The average Bonchev–Trinajstić information content (AvgIpc) is 2.82. The highest BCUT2D eigenvalue weighted by atomic mass is 16.5. The Morgan fingerprint density at radius 1 is 0.875 bits per heavy atom. The van der Waals surface area contributed by atoms with Gasteiger partial charge in [0.05, 0.1) is 6.61 Å². The fourth-order valence-electron chi connectivity index (χ4n) is 3.89. The lowest BCUT2D eigenvalue weighted by Gasteiger charge is -2.35. The molecule has 0 atom stereocenters. The highest BCUT2D eigenvalue weighted by Crippen LogP contribution is 2.28. The first-order chi connectivity index (χ1) is 15.5. The molecule has 0 radical (unpaired) electrons. The quantitative estimate of drug-likeness (QED) is 0.548. The Labute approximate surface area is 187 Å². The normalized spacial score (nSPS) is 17.9. The molecule has 1 saturated carbocycles. The van der Waals surface area contributed by atoms with Crippen molar-refractivity contribution in [1.29, 1.82) is 0 Å². The Bertz CT molecular complexity index is 883. The number of carbonyl (C=O) groups is 3. The Hall–Kier alpha value is -3.39. The summed E-state index contributed by atoms with van der Waals surface area (Å²) in [6.45, 7) is 0.487. The van der Waals surface area contributed by atoms with Crippen LogP contribution >= 0.6 is 0 Å². The summed E-state index contributed by atoms with van der Waals surface area (Å²) >= 11 is 0. The molecule has 3 rings (SSSR count). The minimum absolute atomic E-state index is 0.127. The molecule has 0 bridgehead atoms. The Morgan fingerprint density at radius 3 is 2.06 bits per heavy atom. The molecule has 0 unspecified atom stereocenters. The van der Waals surface area contributed by atoms with Gasteiger partial charge in [0.25, 0.3) is 5.91 Å². The van der Waals surface area contributed by atoms with E-state index >= 15 is 0 Å². The minimum Gasteiger partial charge on any atom is -0.465 e. The highest BCUT2D eigenvalue weighted by Gasteiger charge is 2.31. The first kappa shape index (κ1) is 23.3. The smallest absolute Gasteiger partial charge is 0.407 e. The number of nitrogens with one attached hydrogen (secondary N) is 2. The standard InChI is InChI=1S/C24H29N3O5/c28-22(17-32-16-19-9-5-2-6-10-19)25-26-23(29)20-11-13-21(14-12-20)27(24(30)31)15-18-7-3-1-4-8-18/h1-10,20-21H,11-17H2,(H,25,28)(H,26,29)(H,30,31)/t20-,21-. The molecule has 8 nitrogen and oxygen atoms in total. The van der Waals surface area contributed by atoms with E-state index in [0.717, 1.165) is 11.1 Å². The topological polar surface area (TPSA) is 108 Å². The lowest BCUT2D eigenvalue weighted by molar-refractivity contribution is -0.134. The third-order valence-electron chi connectivity index (χ3n) is 5.62. The van der Waals surface area contributed by atoms with Gasteiger partial charge in [-0.15, -0.1) is 0 Å². The Balaban J connectivity index is 1.37. The van der Waals surface area contributed by atoms with E-state index in [1.807, 2.05) is 60.7 Å². The van der Waals surface area contributed by atoms with Gasteiger partial charge in [0.15, 0.2) is 0 Å². The maximum absolute atomic E-state index is 12.4. The van der Waals surface area contributed by atoms with Gasteiger partial charge in [-0.05, 0) is 36.8 Å². The fraction of sp³-hybridized carbons (Fsp3) is 0.375. The predicted octanol–water partition coefficient (Wildman–Crippen LogP) is 3.09. The van der Waals surface area contributed by atoms with Crippen LogP contribution in [0.15, 0.2) is 60.7 Å². The van der Waals surface area contributed by atoms with Crippen LogP contribution in [-0.2, 0) is 27.5 Å². The van der Waals surface area contributed by atoms with Gasteiger partial charge in [-0.2, -0.15) is 0 Å². The molecule has 1 fully saturated rings. The third kappa shape index (κ3) is 7.09. The number of benzene rings is 2. The van der Waals surface area contributed by atoms with Crippen molar-refractivity contribution in [2.45, 2.75) is 44.9 Å². The lowest BCUT2D eigenvalue weighted by atomic mass is 9.85. The summed E-state index contributed by atoms with van der Waals surface area (Å²) < 4.78 is 5.35. The van der Waals surface area contributed by atoms with Crippen LogP contribution in [0.4, 0.5) is 4.79 Å². The summed E-state index contributed by atoms with van der Waals surface area (Å²) in [4.78, 5) is 37.5. The minimum atomic E-state index is -0.954. The number of ether oxygens (including phenoxy) is 1. The van der Waals surface area contributed by atoms with Crippen molar-refractivity contribution < 1.29 is 24.2 Å². The van der Waals surface area contributed by atoms with E-state index in [2.05, 4.69) is 10.9 Å². The van der Waals surface area contributed by atoms with Crippen molar-refractivity contribution in [3.05, 3.63) is 71.8 Å². The molecule has 8 heteroatoms. The molecule has 2 aromatic rings. The Morgan fingerprint density at radius 2 is 1.47 bits per heavy atom. The number of nitrogens with zero attached hydrogens (tertiary/aromatic N) is 1. The van der Waals surface area contributed by atoms with E-state index in [0.29, 0.717) is 38.8 Å². The van der Waals surface area contributed by atoms with E-state index in [9.17, 15) is 19.5 Å². The van der Waals surface area contributed by atoms with Crippen LogP contribution in [0.25, 0.3) is 0 Å². The van der Waals surface area contributed by atoms with Crippen LogP contribution in [0, 0.1) is 5.92 Å². The van der Waals surface area contributed by atoms with Crippen LogP contribution in [0.1, 0.15) is 36.8 Å². The highest BCUT2D eigenvalue weighted by molar-refractivity contribution is 5.83. The average molecular weight is 440 g/mol. The van der Waals surface area contributed by atoms with E-state index in [1.165, 1.54) is 4.90 Å². The molecule has 0 aromatic heterocycles. The van der Waals surface area contributed by atoms with Crippen molar-refractivity contribution in [3.63, 3.8) is 0 Å². The maximum atomic E-state index is 12.4. The number of rotatable bonds is 8. The van der Waals surface area contributed by atoms with Gasteiger partial charge in [-0.1, -0.05) is 60.7 Å². The second-order valence-corrected chi connectivity index (χ2v) is 7.92. The summed E-state index contributed by atoms with van der Waals surface area (Å²) in [5.41, 5.74) is 6.74. The number of hydrazine groups is 1. The van der Waals surface area contributed by atoms with Gasteiger partial charge in [0.1, 0.15) is 6.61 Å². The van der Waals surface area contributed by atoms with Crippen molar-refractivity contribution in [2.24, 2.45) is 5.92 Å². The molecule has 1 aliphatic rings. The van der Waals surface area contributed by atoms with E-state index in [1.54, 1.807) is 0 Å². The monoisotopic (exact) mass is 439 g/mol. The van der Waals surface area contributed by atoms with Crippen molar-refractivity contribution in [3.8, 4) is 0 Å². The molecule has 32 heavy (non-hydrogen) atoms. The molecule has 2 aromatic carbocycles. The van der Waals surface area contributed by atoms with E-state index in [-0.39, 0.29) is 24.5 Å². The fourth-order valence-corrected chi connectivity index (χ4v) is 3.89. The molecule has 1 aliphatic carbocycles. The van der Waals surface area contributed by atoms with Gasteiger partial charge >= 0.3 is 6.09 Å². The Kier molecular flexibility index (Phi) is 8.62. The molecule has 0 saturated heterocycles. The van der Waals surface area contributed by atoms with Crippen molar-refractivity contribution in [1.82, 2.24) is 15.8 Å². The first-order valence-corrected chi connectivity index (χ1v) is 10.8. The summed E-state index contributed by atoms with van der Waals surface area (Å²) in [7, 11) is 0. The number of hydrogen-bond acceptors (Lipinski definition) is 4. The zero-order valence-corrected chi connectivity index (χ0v) is 17.9. The number of amides is 3. The molecule has 0 heterocycles. The van der Waals surface area contributed by atoms with Gasteiger partial charge in [-0.25, -0.2) is 4.79 Å². The molecule has 170 valence electrons. The SMILES string of the molecule is O=C(COCc1ccccc1)NNC(=O)[C@H]1CC[C@H](N(Cc2ccccc2)C(=O)O)CC1. The van der Waals surface area contributed by atoms with Crippen molar-refractivity contribution >= 4 is 17.9 Å². The molecule has 0 spiro atoms. The van der Waals surface area contributed by atoms with Crippen LogP contribution in [0.5, 0.6) is 0 Å². The summed E-state index contributed by atoms with van der Waals surface area (Å²) in [5.74, 6) is -0.947. The van der Waals surface area contributed by atoms with Gasteiger partial charge in [0.2, 0.25) is 5.91 Å². The second kappa shape index (κ2) is 11.9. The van der Waals surface area contributed by atoms with Crippen LogP contribution in [0.3, 0.4) is 0 Å². The van der Waals surface area contributed by atoms with E-state index < -0.39 is 12.0 Å². The van der Waals surface area contributed by atoms with E-state index in [4.69, 9.17) is 4.74 Å². The van der Waals surface area contributed by atoms with Crippen LogP contribution in [0.2, 0.25) is 0 Å². The summed E-state index contributed by atoms with van der Waals surface area (Å²) in [6, 6.07) is 18.8. The lowest BCUT2D eigenvalue weighted by Crippen LogP contribution is -2.48. The molecule has 3 N–H and O–H groups in total. The summed E-state index contributed by atoms with van der Waals surface area (Å²) in [5, 5.41) is 9.64. The molecular formula is C24H29N3O5. The number of carboxylic acid groups (broad SMARTS) is 1. The van der Waals surface area contributed by atoms with Gasteiger partial charge in [0, 0.05) is 18.5 Å². The first-order valence-electron chi connectivity index (χ1n) is 10.8. The zero-order chi connectivity index (χ0) is 22.8. The summed E-state index contributed by atoms with van der Waals surface area (Å²) in [6.07, 6.45) is 1.38. The largest absolute Gasteiger partial charge is 0.465 e. The van der Waals surface area contributed by atoms with Gasteiger partial charge in [-0.3, -0.25) is 20.4 Å². The second-order valence-electron chi connectivity index (χ2n) is 7.92. The maximum Gasteiger partial charge on any atom is 0.407 e. The number of hydrogen-bond donors (Lipinski definition) is 3. The molecular weight excluding hydrogens is 410 g/mol. The number of carbonyl (C=O) groups excluding carboxylic acids is 2. The zero-order valence-electron chi connectivity index (χ0n) is 17.9. The third-order valence-corrected chi connectivity index (χ3v) is 5.62. The predicted molar refractivity (Wildman–Crippen MR) is 118 cm³/mol. The van der Waals surface area contributed by atoms with Crippen LogP contribution < -0.4 is 10.9 Å². The van der Waals surface area contributed by atoms with Crippen molar-refractivity contribution in [2.75, 3.05) is 6.61 Å². The van der Waals surface area contributed by atoms with Crippen LogP contribution in [-0.4, -0.2) is 40.6 Å².